The molecule has 0 aliphatic carbocycles. The van der Waals surface area contributed by atoms with Gasteiger partial charge in [0, 0.05) is 12.6 Å². The summed E-state index contributed by atoms with van der Waals surface area (Å²) in [6.07, 6.45) is 3.09. The molecular weight excluding hydrogens is 434 g/mol. The van der Waals surface area contributed by atoms with Gasteiger partial charge in [-0.15, -0.1) is 0 Å². The molecule has 4 aromatic rings. The summed E-state index contributed by atoms with van der Waals surface area (Å²) in [6.45, 7) is 5.78. The van der Waals surface area contributed by atoms with Gasteiger partial charge in [0.1, 0.15) is 17.8 Å². The molecule has 0 aliphatic rings. The molecule has 1 aromatic carbocycles. The average Bonchev–Trinajstić information content (AvgIpc) is 3.46. The second kappa shape index (κ2) is 9.94. The smallest absolute Gasteiger partial charge is 0.332 e. The third-order valence-corrected chi connectivity index (χ3v) is 5.89. The van der Waals surface area contributed by atoms with E-state index in [1.165, 1.54) is 16.4 Å². The van der Waals surface area contributed by atoms with Crippen LogP contribution in [0.3, 0.4) is 0 Å². The highest BCUT2D eigenvalue weighted by atomic mass is 16.3. The Morgan fingerprint density at radius 2 is 1.85 bits per heavy atom. The van der Waals surface area contributed by atoms with Crippen LogP contribution in [0.25, 0.3) is 11.0 Å². The zero-order valence-electron chi connectivity index (χ0n) is 19.7. The lowest BCUT2D eigenvalue weighted by atomic mass is 10.1. The van der Waals surface area contributed by atoms with Gasteiger partial charge in [0.25, 0.3) is 5.56 Å². The molecule has 1 amide bonds. The number of nitrogens with zero attached hydrogens (tertiary/aromatic N) is 4. The van der Waals surface area contributed by atoms with Gasteiger partial charge in [0.15, 0.2) is 5.52 Å². The van der Waals surface area contributed by atoms with Crippen LogP contribution >= 0.6 is 0 Å². The van der Waals surface area contributed by atoms with Gasteiger partial charge in [-0.05, 0) is 51.3 Å². The first kappa shape index (κ1) is 23.3. The lowest BCUT2D eigenvalue weighted by Crippen LogP contribution is -2.44. The van der Waals surface area contributed by atoms with Crippen molar-refractivity contribution in [2.75, 3.05) is 0 Å². The number of amides is 1. The van der Waals surface area contributed by atoms with E-state index >= 15 is 0 Å². The molecule has 1 atom stereocenters. The Balaban J connectivity index is 1.63. The summed E-state index contributed by atoms with van der Waals surface area (Å²) in [5, 5.41) is 7.41. The number of carbonyl (C=O) groups is 1. The molecule has 0 bridgehead atoms. The molecule has 3 aromatic heterocycles. The summed E-state index contributed by atoms with van der Waals surface area (Å²) in [7, 11) is 0. The molecule has 34 heavy (non-hydrogen) atoms. The SMILES string of the molecule is CCn1nc(C)c2c1c(=O)n(Cc1ccco1)c(=O)n2CC(=O)N[C@H](C)CCc1ccccc1. The summed E-state index contributed by atoms with van der Waals surface area (Å²) in [6, 6.07) is 13.4. The Hall–Kier alpha value is -3.88. The quantitative estimate of drug-likeness (QED) is 0.411. The molecule has 0 fully saturated rings. The van der Waals surface area contributed by atoms with Gasteiger partial charge in [0.05, 0.1) is 18.5 Å². The number of aromatic nitrogens is 4. The van der Waals surface area contributed by atoms with E-state index in [4.69, 9.17) is 4.42 Å². The van der Waals surface area contributed by atoms with E-state index in [-0.39, 0.29) is 25.0 Å². The number of hydrogen-bond acceptors (Lipinski definition) is 5. The lowest BCUT2D eigenvalue weighted by Gasteiger charge is -2.16. The van der Waals surface area contributed by atoms with Gasteiger partial charge >= 0.3 is 5.69 Å². The highest BCUT2D eigenvalue weighted by Gasteiger charge is 2.22. The molecule has 9 nitrogen and oxygen atoms in total. The van der Waals surface area contributed by atoms with Crippen LogP contribution in [0.5, 0.6) is 0 Å². The first-order chi connectivity index (χ1) is 16.4. The zero-order chi connectivity index (χ0) is 24.2. The normalized spacial score (nSPS) is 12.2. The van der Waals surface area contributed by atoms with Crippen molar-refractivity contribution in [1.29, 1.82) is 0 Å². The zero-order valence-corrected chi connectivity index (χ0v) is 19.7. The molecule has 0 unspecified atom stereocenters. The Kier molecular flexibility index (Phi) is 6.81. The number of carbonyl (C=O) groups excluding carboxylic acids is 1. The molecule has 0 aliphatic heterocycles. The van der Waals surface area contributed by atoms with Crippen LogP contribution in [-0.4, -0.2) is 30.9 Å². The number of nitrogens with one attached hydrogen (secondary N) is 1. The minimum absolute atomic E-state index is 0.0242. The molecule has 9 heteroatoms. The number of aryl methyl sites for hydroxylation is 3. The number of furan rings is 1. The number of rotatable bonds is 9. The van der Waals surface area contributed by atoms with E-state index in [9.17, 15) is 14.4 Å². The fourth-order valence-electron chi connectivity index (χ4n) is 4.20. The molecule has 178 valence electrons. The predicted octanol–water partition coefficient (Wildman–Crippen LogP) is 2.47. The van der Waals surface area contributed by atoms with Crippen molar-refractivity contribution in [3.63, 3.8) is 0 Å². The first-order valence-corrected chi connectivity index (χ1v) is 11.5. The van der Waals surface area contributed by atoms with Crippen LogP contribution in [0.15, 0.2) is 62.7 Å². The van der Waals surface area contributed by atoms with Crippen LogP contribution < -0.4 is 16.6 Å². The van der Waals surface area contributed by atoms with Gasteiger partial charge in [0.2, 0.25) is 5.91 Å². The van der Waals surface area contributed by atoms with Gasteiger partial charge in [-0.3, -0.25) is 23.4 Å². The number of benzene rings is 1. The van der Waals surface area contributed by atoms with Crippen LogP contribution in [0.4, 0.5) is 0 Å². The molecule has 1 N–H and O–H groups in total. The van der Waals surface area contributed by atoms with Crippen LogP contribution in [-0.2, 0) is 30.8 Å². The molecule has 0 saturated heterocycles. The Morgan fingerprint density at radius 3 is 2.53 bits per heavy atom. The Labute approximate surface area is 196 Å². The molecule has 4 rings (SSSR count). The van der Waals surface area contributed by atoms with E-state index in [0.29, 0.717) is 29.0 Å². The highest BCUT2D eigenvalue weighted by molar-refractivity contribution is 5.81. The van der Waals surface area contributed by atoms with Gasteiger partial charge in [-0.25, -0.2) is 4.79 Å². The number of hydrogen-bond donors (Lipinski definition) is 1. The van der Waals surface area contributed by atoms with Crippen molar-refractivity contribution in [2.45, 2.75) is 59.3 Å². The van der Waals surface area contributed by atoms with E-state index < -0.39 is 11.2 Å². The molecule has 0 radical (unpaired) electrons. The standard InChI is InChI=1S/C25H29N5O4/c1-4-30-23-22(18(3)27-30)28(25(33)29(24(23)32)15-20-11-8-14-34-20)16-21(31)26-17(2)12-13-19-9-6-5-7-10-19/h5-11,14,17H,4,12-13,15-16H2,1-3H3,(H,26,31)/t17-/m1/s1. The van der Waals surface area contributed by atoms with Crippen molar-refractivity contribution >= 4 is 16.9 Å². The summed E-state index contributed by atoms with van der Waals surface area (Å²) in [4.78, 5) is 39.6. The van der Waals surface area contributed by atoms with Gasteiger partial charge in [-0.2, -0.15) is 5.10 Å². The van der Waals surface area contributed by atoms with Crippen LogP contribution in [0.2, 0.25) is 0 Å². The largest absolute Gasteiger partial charge is 0.467 e. The maximum Gasteiger partial charge on any atom is 0.332 e. The molecule has 0 saturated carbocycles. The monoisotopic (exact) mass is 463 g/mol. The van der Waals surface area contributed by atoms with Crippen LogP contribution in [0, 0.1) is 6.92 Å². The van der Waals surface area contributed by atoms with Gasteiger partial charge < -0.3 is 9.73 Å². The fourth-order valence-corrected chi connectivity index (χ4v) is 4.20. The minimum atomic E-state index is -0.570. The van der Waals surface area contributed by atoms with Crippen molar-refractivity contribution in [1.82, 2.24) is 24.2 Å². The fraction of sp³-hybridized carbons (Fsp3) is 0.360. The third-order valence-electron chi connectivity index (χ3n) is 5.89. The van der Waals surface area contributed by atoms with Crippen molar-refractivity contribution in [2.24, 2.45) is 0 Å². The summed E-state index contributed by atoms with van der Waals surface area (Å²) in [5.41, 5.74) is 1.40. The van der Waals surface area contributed by atoms with E-state index in [0.717, 1.165) is 17.4 Å². The second-order valence-corrected chi connectivity index (χ2v) is 8.43. The summed E-state index contributed by atoms with van der Waals surface area (Å²) < 4.78 is 9.36. The molecular formula is C25H29N5O4. The maximum atomic E-state index is 13.4. The van der Waals surface area contributed by atoms with E-state index in [1.807, 2.05) is 32.0 Å². The minimum Gasteiger partial charge on any atom is -0.467 e. The van der Waals surface area contributed by atoms with Crippen LogP contribution in [0.1, 0.15) is 37.3 Å². The first-order valence-electron chi connectivity index (χ1n) is 11.5. The summed E-state index contributed by atoms with van der Waals surface area (Å²) >= 11 is 0. The van der Waals surface area contributed by atoms with Gasteiger partial charge in [-0.1, -0.05) is 30.3 Å². The number of fused-ring (bicyclic) bond motifs is 1. The van der Waals surface area contributed by atoms with Crippen molar-refractivity contribution in [3.05, 3.63) is 86.6 Å². The lowest BCUT2D eigenvalue weighted by molar-refractivity contribution is -0.122. The molecule has 0 spiro atoms. The Morgan fingerprint density at radius 1 is 1.09 bits per heavy atom. The third kappa shape index (κ3) is 4.73. The summed E-state index contributed by atoms with van der Waals surface area (Å²) in [5.74, 6) is 0.180. The van der Waals surface area contributed by atoms with E-state index in [1.54, 1.807) is 23.7 Å². The maximum absolute atomic E-state index is 13.4. The van der Waals surface area contributed by atoms with Crippen molar-refractivity contribution in [3.8, 4) is 0 Å². The highest BCUT2D eigenvalue weighted by Crippen LogP contribution is 2.14. The molecule has 3 heterocycles. The predicted molar refractivity (Wildman–Crippen MR) is 129 cm³/mol. The topological polar surface area (TPSA) is 104 Å². The average molecular weight is 464 g/mol. The second-order valence-electron chi connectivity index (χ2n) is 8.43. The van der Waals surface area contributed by atoms with Crippen molar-refractivity contribution < 1.29 is 9.21 Å². The Bertz CT molecular complexity index is 1400. The van der Waals surface area contributed by atoms with E-state index in [2.05, 4.69) is 22.5 Å².